The van der Waals surface area contributed by atoms with E-state index in [9.17, 15) is 18.4 Å². The number of rotatable bonds is 6. The van der Waals surface area contributed by atoms with E-state index in [0.29, 0.717) is 5.56 Å². The van der Waals surface area contributed by atoms with Gasteiger partial charge < -0.3 is 15.4 Å². The highest BCUT2D eigenvalue weighted by molar-refractivity contribution is 6.05. The van der Waals surface area contributed by atoms with Crippen molar-refractivity contribution in [1.29, 1.82) is 0 Å². The summed E-state index contributed by atoms with van der Waals surface area (Å²) in [4.78, 5) is 24.0. The molecule has 0 aromatic heterocycles. The topological polar surface area (TPSA) is 67.4 Å². The number of anilines is 2. The summed E-state index contributed by atoms with van der Waals surface area (Å²) in [5, 5.41) is 4.51. The van der Waals surface area contributed by atoms with Gasteiger partial charge in [-0.2, -0.15) is 0 Å². The molecule has 0 saturated carbocycles. The van der Waals surface area contributed by atoms with Gasteiger partial charge in [0.15, 0.2) is 5.82 Å². The zero-order valence-corrected chi connectivity index (χ0v) is 13.8. The summed E-state index contributed by atoms with van der Waals surface area (Å²) in [7, 11) is 0. The maximum absolute atomic E-state index is 14.5. The molecule has 0 bridgehead atoms. The van der Waals surface area contributed by atoms with Gasteiger partial charge in [-0.25, -0.2) is 8.78 Å². The summed E-state index contributed by atoms with van der Waals surface area (Å²) < 4.78 is 33.5. The van der Waals surface area contributed by atoms with Gasteiger partial charge >= 0.3 is 0 Å². The molecule has 25 heavy (non-hydrogen) atoms. The van der Waals surface area contributed by atoms with Crippen molar-refractivity contribution >= 4 is 23.2 Å². The van der Waals surface area contributed by atoms with Gasteiger partial charge in [-0.05, 0) is 38.1 Å². The molecule has 2 N–H and O–H groups in total. The number of carbonyl (C=O) groups excluding carboxylic acids is 2. The van der Waals surface area contributed by atoms with Crippen molar-refractivity contribution in [2.75, 3.05) is 17.2 Å². The highest BCUT2D eigenvalue weighted by Crippen LogP contribution is 2.26. The van der Waals surface area contributed by atoms with Crippen LogP contribution in [0.3, 0.4) is 0 Å². The van der Waals surface area contributed by atoms with Crippen LogP contribution in [0.2, 0.25) is 0 Å². The van der Waals surface area contributed by atoms with E-state index in [4.69, 9.17) is 4.74 Å². The van der Waals surface area contributed by atoms with Crippen molar-refractivity contribution in [2.45, 2.75) is 20.0 Å². The number of nitrogens with one attached hydrogen (secondary N) is 2. The van der Waals surface area contributed by atoms with Gasteiger partial charge in [0.2, 0.25) is 0 Å². The SMILES string of the molecule is CCO[C@H](C)C(=O)Nc1c(F)ccc(NC(=O)c2ccccc2)c1F. The second-order valence-electron chi connectivity index (χ2n) is 5.19. The molecule has 0 unspecified atom stereocenters. The molecule has 2 aromatic rings. The van der Waals surface area contributed by atoms with Gasteiger partial charge in [0.05, 0.1) is 5.69 Å². The third-order valence-corrected chi connectivity index (χ3v) is 3.41. The second-order valence-corrected chi connectivity index (χ2v) is 5.19. The van der Waals surface area contributed by atoms with Crippen LogP contribution in [0.15, 0.2) is 42.5 Å². The molecule has 2 rings (SSSR count). The van der Waals surface area contributed by atoms with Crippen LogP contribution in [-0.4, -0.2) is 24.5 Å². The Balaban J connectivity index is 2.21. The first-order valence-electron chi connectivity index (χ1n) is 7.71. The Labute approximate surface area is 144 Å². The lowest BCUT2D eigenvalue weighted by Crippen LogP contribution is -2.28. The van der Waals surface area contributed by atoms with Crippen LogP contribution in [0.5, 0.6) is 0 Å². The van der Waals surface area contributed by atoms with E-state index in [-0.39, 0.29) is 12.3 Å². The van der Waals surface area contributed by atoms with Gasteiger partial charge in [-0.1, -0.05) is 18.2 Å². The predicted molar refractivity (Wildman–Crippen MR) is 90.5 cm³/mol. The van der Waals surface area contributed by atoms with Crippen LogP contribution in [0.4, 0.5) is 20.2 Å². The van der Waals surface area contributed by atoms with E-state index in [2.05, 4.69) is 10.6 Å². The van der Waals surface area contributed by atoms with Crippen molar-refractivity contribution in [1.82, 2.24) is 0 Å². The molecular formula is C18H18F2N2O3. The molecule has 2 aromatic carbocycles. The molecule has 0 heterocycles. The molecule has 0 aliphatic rings. The van der Waals surface area contributed by atoms with Crippen LogP contribution >= 0.6 is 0 Å². The summed E-state index contributed by atoms with van der Waals surface area (Å²) in [5.74, 6) is -3.26. The lowest BCUT2D eigenvalue weighted by atomic mass is 10.2. The van der Waals surface area contributed by atoms with Gasteiger partial charge in [-0.15, -0.1) is 0 Å². The lowest BCUT2D eigenvalue weighted by molar-refractivity contribution is -0.126. The van der Waals surface area contributed by atoms with Gasteiger partial charge in [0.25, 0.3) is 11.8 Å². The number of carbonyl (C=O) groups is 2. The third-order valence-electron chi connectivity index (χ3n) is 3.41. The van der Waals surface area contributed by atoms with Crippen molar-refractivity contribution < 1.29 is 23.1 Å². The van der Waals surface area contributed by atoms with Gasteiger partial charge in [0, 0.05) is 12.2 Å². The Morgan fingerprint density at radius 1 is 1.08 bits per heavy atom. The minimum Gasteiger partial charge on any atom is -0.369 e. The van der Waals surface area contributed by atoms with Crippen LogP contribution in [0, 0.1) is 11.6 Å². The Kier molecular flexibility index (Phi) is 6.19. The molecule has 7 heteroatoms. The monoisotopic (exact) mass is 348 g/mol. The van der Waals surface area contributed by atoms with E-state index in [0.717, 1.165) is 12.1 Å². The number of amides is 2. The first-order valence-corrected chi connectivity index (χ1v) is 7.71. The van der Waals surface area contributed by atoms with Gasteiger partial charge in [0.1, 0.15) is 17.6 Å². The minimum atomic E-state index is -1.07. The Bertz CT molecular complexity index is 766. The first kappa shape index (κ1) is 18.5. The quantitative estimate of drug-likeness (QED) is 0.838. The second kappa shape index (κ2) is 8.34. The van der Waals surface area contributed by atoms with Crippen molar-refractivity contribution in [3.63, 3.8) is 0 Å². The molecule has 1 atom stereocenters. The zero-order chi connectivity index (χ0) is 18.4. The molecule has 0 fully saturated rings. The highest BCUT2D eigenvalue weighted by atomic mass is 19.1. The largest absolute Gasteiger partial charge is 0.369 e. The average molecular weight is 348 g/mol. The Morgan fingerprint density at radius 2 is 1.76 bits per heavy atom. The average Bonchev–Trinajstić information content (AvgIpc) is 2.61. The lowest BCUT2D eigenvalue weighted by Gasteiger charge is -2.15. The van der Waals surface area contributed by atoms with Crippen molar-refractivity contribution in [3.8, 4) is 0 Å². The van der Waals surface area contributed by atoms with Crippen LogP contribution in [0.1, 0.15) is 24.2 Å². The molecule has 0 spiro atoms. The van der Waals surface area contributed by atoms with E-state index in [1.807, 2.05) is 0 Å². The van der Waals surface area contributed by atoms with Gasteiger partial charge in [-0.3, -0.25) is 9.59 Å². The molecule has 5 nitrogen and oxygen atoms in total. The molecule has 132 valence electrons. The van der Waals surface area contributed by atoms with E-state index in [1.165, 1.54) is 6.92 Å². The number of hydrogen-bond acceptors (Lipinski definition) is 3. The summed E-state index contributed by atoms with van der Waals surface area (Å²) >= 11 is 0. The summed E-state index contributed by atoms with van der Waals surface area (Å²) in [6.07, 6.45) is -0.869. The first-order chi connectivity index (χ1) is 11.9. The van der Waals surface area contributed by atoms with E-state index in [1.54, 1.807) is 37.3 Å². The fraction of sp³-hybridized carbons (Fsp3) is 0.222. The van der Waals surface area contributed by atoms with Crippen LogP contribution in [-0.2, 0) is 9.53 Å². The maximum atomic E-state index is 14.5. The van der Waals surface area contributed by atoms with Crippen LogP contribution < -0.4 is 10.6 Å². The highest BCUT2D eigenvalue weighted by Gasteiger charge is 2.20. The van der Waals surface area contributed by atoms with Crippen molar-refractivity contribution in [2.24, 2.45) is 0 Å². The summed E-state index contributed by atoms with van der Waals surface area (Å²) in [6.45, 7) is 3.45. The van der Waals surface area contributed by atoms with E-state index < -0.39 is 35.2 Å². The van der Waals surface area contributed by atoms with Crippen LogP contribution in [0.25, 0.3) is 0 Å². The fourth-order valence-electron chi connectivity index (χ4n) is 2.10. The molecule has 0 aliphatic carbocycles. The Morgan fingerprint density at radius 3 is 2.40 bits per heavy atom. The third kappa shape index (κ3) is 4.60. The normalized spacial score (nSPS) is 11.7. The standard InChI is InChI=1S/C18H18F2N2O3/c1-3-25-11(2)17(23)22-16-13(19)9-10-14(15(16)20)21-18(24)12-7-5-4-6-8-12/h4-11H,3H2,1-2H3,(H,21,24)(H,22,23)/t11-/m1/s1. The fourth-order valence-corrected chi connectivity index (χ4v) is 2.10. The molecule has 2 amide bonds. The van der Waals surface area contributed by atoms with E-state index >= 15 is 0 Å². The molecule has 0 saturated heterocycles. The summed E-state index contributed by atoms with van der Waals surface area (Å²) in [5.41, 5.74) is -0.557. The smallest absolute Gasteiger partial charge is 0.255 e. The summed E-state index contributed by atoms with van der Waals surface area (Å²) in [6, 6.07) is 10.2. The molecular weight excluding hydrogens is 330 g/mol. The number of benzene rings is 2. The zero-order valence-electron chi connectivity index (χ0n) is 13.8. The predicted octanol–water partition coefficient (Wildman–Crippen LogP) is 3.58. The number of hydrogen-bond donors (Lipinski definition) is 2. The van der Waals surface area contributed by atoms with Crippen molar-refractivity contribution in [3.05, 3.63) is 59.7 Å². The molecule has 0 aliphatic heterocycles. The molecule has 0 radical (unpaired) electrons. The number of halogens is 2. The number of ether oxygens (including phenoxy) is 1. The Hall–Kier alpha value is -2.80. The maximum Gasteiger partial charge on any atom is 0.255 e. The minimum absolute atomic E-state index is 0.241.